The molecule has 4 rings (SSSR count). The molecule has 168 valence electrons. The minimum Gasteiger partial charge on any atom is -0.492 e. The van der Waals surface area contributed by atoms with Gasteiger partial charge in [0.15, 0.2) is 0 Å². The summed E-state index contributed by atoms with van der Waals surface area (Å²) in [5, 5.41) is 7.52. The maximum atomic E-state index is 13.3. The summed E-state index contributed by atoms with van der Waals surface area (Å²) in [6, 6.07) is 18.0. The molecule has 2 aromatic heterocycles. The fourth-order valence-corrected chi connectivity index (χ4v) is 4.87. The lowest BCUT2D eigenvalue weighted by atomic mass is 10.1. The first kappa shape index (κ1) is 22.7. The van der Waals surface area contributed by atoms with Crippen molar-refractivity contribution in [3.63, 3.8) is 0 Å². The zero-order chi connectivity index (χ0) is 23.2. The van der Waals surface area contributed by atoms with Crippen LogP contribution in [0.4, 0.5) is 5.69 Å². The standard InChI is InChI=1S/C25H22N2O4S2/c1-3-30-20-12-8-7-11-19(20)27-23(28)21(17-9-5-4-6-10-17)31-25(29)22-16(2)26-24(33-22)18-13-14-32-15-18/h4-15,21H,3H2,1-2H3,(H,27,28)/t21-/m1/s1. The number of thiazole rings is 1. The summed E-state index contributed by atoms with van der Waals surface area (Å²) in [6.07, 6.45) is -1.14. The lowest BCUT2D eigenvalue weighted by molar-refractivity contribution is -0.125. The Morgan fingerprint density at radius 3 is 2.55 bits per heavy atom. The number of rotatable bonds is 8. The molecule has 0 aliphatic carbocycles. The topological polar surface area (TPSA) is 77.5 Å². The van der Waals surface area contributed by atoms with Crippen molar-refractivity contribution in [3.05, 3.63) is 87.6 Å². The molecule has 0 aliphatic heterocycles. The summed E-state index contributed by atoms with van der Waals surface area (Å²) < 4.78 is 11.3. The second-order valence-corrected chi connectivity index (χ2v) is 8.84. The number of carbonyl (C=O) groups excluding carboxylic acids is 2. The first-order chi connectivity index (χ1) is 16.1. The molecule has 2 aromatic carbocycles. The van der Waals surface area contributed by atoms with Crippen molar-refractivity contribution < 1.29 is 19.1 Å². The molecule has 0 saturated heterocycles. The molecule has 0 aliphatic rings. The highest BCUT2D eigenvalue weighted by molar-refractivity contribution is 7.17. The van der Waals surface area contributed by atoms with Crippen molar-refractivity contribution in [2.24, 2.45) is 0 Å². The van der Waals surface area contributed by atoms with Crippen LogP contribution in [0.3, 0.4) is 0 Å². The van der Waals surface area contributed by atoms with Gasteiger partial charge in [-0.15, -0.1) is 11.3 Å². The summed E-state index contributed by atoms with van der Waals surface area (Å²) in [6.45, 7) is 4.09. The molecule has 2 heterocycles. The van der Waals surface area contributed by atoms with Crippen LogP contribution in [-0.4, -0.2) is 23.5 Å². The Morgan fingerprint density at radius 1 is 1.06 bits per heavy atom. The van der Waals surface area contributed by atoms with E-state index in [0.717, 1.165) is 10.6 Å². The van der Waals surface area contributed by atoms with Crippen LogP contribution in [0, 0.1) is 6.92 Å². The number of anilines is 1. The van der Waals surface area contributed by atoms with Crippen molar-refractivity contribution in [2.75, 3.05) is 11.9 Å². The molecule has 1 amide bonds. The van der Waals surface area contributed by atoms with Crippen LogP contribution in [0.15, 0.2) is 71.4 Å². The fourth-order valence-electron chi connectivity index (χ4n) is 3.21. The maximum Gasteiger partial charge on any atom is 0.351 e. The number of nitrogens with zero attached hydrogens (tertiary/aromatic N) is 1. The zero-order valence-electron chi connectivity index (χ0n) is 18.1. The number of nitrogens with one attached hydrogen (secondary N) is 1. The molecule has 0 radical (unpaired) electrons. The minimum absolute atomic E-state index is 0.375. The van der Waals surface area contributed by atoms with Gasteiger partial charge in [-0.2, -0.15) is 11.3 Å². The van der Waals surface area contributed by atoms with E-state index in [2.05, 4.69) is 10.3 Å². The Morgan fingerprint density at radius 2 is 1.82 bits per heavy atom. The summed E-state index contributed by atoms with van der Waals surface area (Å²) in [5.41, 5.74) is 2.60. The number of thiophene rings is 1. The van der Waals surface area contributed by atoms with Gasteiger partial charge in [-0.3, -0.25) is 4.79 Å². The summed E-state index contributed by atoms with van der Waals surface area (Å²) in [5.74, 6) is -0.513. The van der Waals surface area contributed by atoms with E-state index < -0.39 is 18.0 Å². The second kappa shape index (κ2) is 10.4. The average molecular weight is 479 g/mol. The molecule has 4 aromatic rings. The highest BCUT2D eigenvalue weighted by atomic mass is 32.1. The highest BCUT2D eigenvalue weighted by Crippen LogP contribution is 2.32. The summed E-state index contributed by atoms with van der Waals surface area (Å²) in [7, 11) is 0. The van der Waals surface area contributed by atoms with Gasteiger partial charge in [0.25, 0.3) is 5.91 Å². The molecule has 1 N–H and O–H groups in total. The number of hydrogen-bond donors (Lipinski definition) is 1. The monoisotopic (exact) mass is 478 g/mol. The molecule has 0 spiro atoms. The summed E-state index contributed by atoms with van der Waals surface area (Å²) >= 11 is 2.82. The number of aryl methyl sites for hydroxylation is 1. The first-order valence-corrected chi connectivity index (χ1v) is 12.1. The number of carbonyl (C=O) groups is 2. The molecular weight excluding hydrogens is 456 g/mol. The third-order valence-corrected chi connectivity index (χ3v) is 6.63. The number of para-hydroxylation sites is 2. The van der Waals surface area contributed by atoms with Crippen LogP contribution < -0.4 is 10.1 Å². The normalized spacial score (nSPS) is 11.6. The van der Waals surface area contributed by atoms with Crippen LogP contribution in [0.2, 0.25) is 0 Å². The SMILES string of the molecule is CCOc1ccccc1NC(=O)[C@H](OC(=O)c1sc(-c2ccsc2)nc1C)c1ccccc1. The molecule has 6 nitrogen and oxygen atoms in total. The lowest BCUT2D eigenvalue weighted by Gasteiger charge is -2.19. The van der Waals surface area contributed by atoms with Gasteiger partial charge in [0.2, 0.25) is 6.10 Å². The van der Waals surface area contributed by atoms with Crippen molar-refractivity contribution in [3.8, 4) is 16.3 Å². The second-order valence-electron chi connectivity index (χ2n) is 7.06. The van der Waals surface area contributed by atoms with Crippen LogP contribution in [0.5, 0.6) is 5.75 Å². The maximum absolute atomic E-state index is 13.3. The third-order valence-electron chi connectivity index (χ3n) is 4.76. The van der Waals surface area contributed by atoms with Crippen LogP contribution in [0.25, 0.3) is 10.6 Å². The zero-order valence-corrected chi connectivity index (χ0v) is 19.7. The number of ether oxygens (including phenoxy) is 2. The van der Waals surface area contributed by atoms with Crippen molar-refractivity contribution in [2.45, 2.75) is 20.0 Å². The van der Waals surface area contributed by atoms with Crippen molar-refractivity contribution >= 4 is 40.2 Å². The Bertz CT molecular complexity index is 1240. The summed E-state index contributed by atoms with van der Waals surface area (Å²) in [4.78, 5) is 31.2. The quantitative estimate of drug-likeness (QED) is 0.309. The molecule has 0 saturated carbocycles. The smallest absolute Gasteiger partial charge is 0.351 e. The van der Waals surface area contributed by atoms with Crippen LogP contribution >= 0.6 is 22.7 Å². The van der Waals surface area contributed by atoms with Gasteiger partial charge in [-0.25, -0.2) is 9.78 Å². The number of esters is 1. The Hall–Kier alpha value is -3.49. The number of benzene rings is 2. The number of amides is 1. The molecule has 1 atom stereocenters. The predicted octanol–water partition coefficient (Wildman–Crippen LogP) is 6.12. The van der Waals surface area contributed by atoms with E-state index in [0.29, 0.717) is 34.2 Å². The van der Waals surface area contributed by atoms with Gasteiger partial charge in [0.1, 0.15) is 15.6 Å². The molecule has 8 heteroatoms. The van der Waals surface area contributed by atoms with E-state index in [1.807, 2.05) is 35.9 Å². The van der Waals surface area contributed by atoms with Gasteiger partial charge < -0.3 is 14.8 Å². The number of hydrogen-bond acceptors (Lipinski definition) is 7. The first-order valence-electron chi connectivity index (χ1n) is 10.4. The van der Waals surface area contributed by atoms with Crippen LogP contribution in [0.1, 0.15) is 34.0 Å². The van der Waals surface area contributed by atoms with Gasteiger partial charge >= 0.3 is 5.97 Å². The Kier molecular flexibility index (Phi) is 7.16. The molecular formula is C25H22N2O4S2. The lowest BCUT2D eigenvalue weighted by Crippen LogP contribution is -2.26. The average Bonchev–Trinajstić information content (AvgIpc) is 3.49. The predicted molar refractivity (Wildman–Crippen MR) is 131 cm³/mol. The van der Waals surface area contributed by atoms with E-state index in [1.165, 1.54) is 11.3 Å². The highest BCUT2D eigenvalue weighted by Gasteiger charge is 2.28. The van der Waals surface area contributed by atoms with Gasteiger partial charge in [0.05, 0.1) is 18.0 Å². The van der Waals surface area contributed by atoms with E-state index in [9.17, 15) is 9.59 Å². The Balaban J connectivity index is 1.60. The number of aromatic nitrogens is 1. The van der Waals surface area contributed by atoms with Gasteiger partial charge in [-0.05, 0) is 37.4 Å². The molecule has 0 bridgehead atoms. The van der Waals surface area contributed by atoms with Crippen LogP contribution in [-0.2, 0) is 9.53 Å². The molecule has 0 fully saturated rings. The van der Waals surface area contributed by atoms with E-state index in [-0.39, 0.29) is 0 Å². The van der Waals surface area contributed by atoms with Gasteiger partial charge in [-0.1, -0.05) is 42.5 Å². The molecule has 0 unspecified atom stereocenters. The minimum atomic E-state index is -1.14. The van der Waals surface area contributed by atoms with E-state index >= 15 is 0 Å². The third kappa shape index (κ3) is 5.30. The fraction of sp³-hybridized carbons (Fsp3) is 0.160. The molecule has 33 heavy (non-hydrogen) atoms. The van der Waals surface area contributed by atoms with Crippen molar-refractivity contribution in [1.82, 2.24) is 4.98 Å². The largest absolute Gasteiger partial charge is 0.492 e. The van der Waals surface area contributed by atoms with E-state index in [1.54, 1.807) is 60.7 Å². The van der Waals surface area contributed by atoms with E-state index in [4.69, 9.17) is 9.47 Å². The Labute approximate surface area is 199 Å². The van der Waals surface area contributed by atoms with Crippen molar-refractivity contribution in [1.29, 1.82) is 0 Å². The van der Waals surface area contributed by atoms with Gasteiger partial charge in [0, 0.05) is 16.5 Å².